The molecule has 1 aromatic heterocycles. The van der Waals surface area contributed by atoms with Crippen molar-refractivity contribution in [2.75, 3.05) is 6.61 Å². The molecule has 0 bridgehead atoms. The highest BCUT2D eigenvalue weighted by atomic mass is 79.9. The summed E-state index contributed by atoms with van der Waals surface area (Å²) in [6.07, 6.45) is 0. The Morgan fingerprint density at radius 1 is 1.47 bits per heavy atom. The van der Waals surface area contributed by atoms with Crippen molar-refractivity contribution in [3.05, 3.63) is 33.9 Å². The van der Waals surface area contributed by atoms with Crippen molar-refractivity contribution in [1.29, 1.82) is 0 Å². The molecule has 0 amide bonds. The number of fused-ring (bicyclic) bond motifs is 1. The number of halogens is 3. The first-order valence-corrected chi connectivity index (χ1v) is 5.67. The number of carbonyl (C=O) groups excluding carboxylic acids is 1. The third-order valence-corrected chi connectivity index (χ3v) is 2.98. The third kappa shape index (κ3) is 2.04. The topological polar surface area (TPSA) is 42.1 Å². The van der Waals surface area contributed by atoms with Crippen molar-refractivity contribution in [1.82, 2.24) is 4.98 Å². The normalized spacial score (nSPS) is 10.8. The lowest BCUT2D eigenvalue weighted by Gasteiger charge is -1.97. The van der Waals surface area contributed by atoms with Crippen LogP contribution in [0.4, 0.5) is 8.78 Å². The van der Waals surface area contributed by atoms with Crippen molar-refractivity contribution in [2.24, 2.45) is 0 Å². The van der Waals surface area contributed by atoms with Gasteiger partial charge < -0.3 is 9.72 Å². The van der Waals surface area contributed by atoms with Gasteiger partial charge in [0.05, 0.1) is 16.6 Å². The van der Waals surface area contributed by atoms with Crippen LogP contribution in [0.1, 0.15) is 17.4 Å². The Hall–Kier alpha value is -1.43. The maximum Gasteiger partial charge on any atom is 0.354 e. The van der Waals surface area contributed by atoms with Gasteiger partial charge >= 0.3 is 5.97 Å². The Balaban J connectivity index is 2.58. The summed E-state index contributed by atoms with van der Waals surface area (Å²) in [5.41, 5.74) is 0.310. The molecule has 2 aromatic rings. The van der Waals surface area contributed by atoms with Crippen LogP contribution in [0.3, 0.4) is 0 Å². The van der Waals surface area contributed by atoms with Crippen LogP contribution in [0.2, 0.25) is 0 Å². The molecule has 0 spiro atoms. The molecule has 1 N–H and O–H groups in total. The van der Waals surface area contributed by atoms with Crippen LogP contribution in [0, 0.1) is 11.6 Å². The lowest BCUT2D eigenvalue weighted by molar-refractivity contribution is 0.0520. The second-order valence-electron chi connectivity index (χ2n) is 3.35. The number of ether oxygens (including phenoxy) is 1. The van der Waals surface area contributed by atoms with Crippen molar-refractivity contribution >= 4 is 32.8 Å². The second-order valence-corrected chi connectivity index (χ2v) is 4.14. The van der Waals surface area contributed by atoms with E-state index < -0.39 is 17.6 Å². The van der Waals surface area contributed by atoms with Crippen LogP contribution >= 0.6 is 15.9 Å². The van der Waals surface area contributed by atoms with Gasteiger partial charge in [0.2, 0.25) is 0 Å². The Bertz CT molecular complexity index is 595. The summed E-state index contributed by atoms with van der Waals surface area (Å²) in [7, 11) is 0. The zero-order chi connectivity index (χ0) is 12.6. The molecule has 0 saturated heterocycles. The summed E-state index contributed by atoms with van der Waals surface area (Å²) < 4.78 is 31.4. The van der Waals surface area contributed by atoms with E-state index >= 15 is 0 Å². The predicted molar refractivity (Wildman–Crippen MR) is 61.9 cm³/mol. The molecule has 17 heavy (non-hydrogen) atoms. The number of rotatable bonds is 2. The van der Waals surface area contributed by atoms with E-state index in [2.05, 4.69) is 20.9 Å². The molecule has 1 heterocycles. The van der Waals surface area contributed by atoms with Crippen LogP contribution in [0.5, 0.6) is 0 Å². The van der Waals surface area contributed by atoms with Gasteiger partial charge in [0.25, 0.3) is 0 Å². The highest BCUT2D eigenvalue weighted by molar-refractivity contribution is 9.10. The molecular weight excluding hydrogens is 296 g/mol. The second kappa shape index (κ2) is 4.44. The summed E-state index contributed by atoms with van der Waals surface area (Å²) in [5, 5.41) is 0.140. The molecule has 2 rings (SSSR count). The monoisotopic (exact) mass is 303 g/mol. The molecule has 0 aliphatic heterocycles. The Labute approximate surface area is 104 Å². The van der Waals surface area contributed by atoms with E-state index in [-0.39, 0.29) is 27.7 Å². The number of carbonyl (C=O) groups is 1. The lowest BCUT2D eigenvalue weighted by atomic mass is 10.2. The fourth-order valence-corrected chi connectivity index (χ4v) is 1.83. The molecule has 0 aliphatic carbocycles. The lowest BCUT2D eigenvalue weighted by Crippen LogP contribution is -2.04. The van der Waals surface area contributed by atoms with Crippen molar-refractivity contribution < 1.29 is 18.3 Å². The fourth-order valence-electron chi connectivity index (χ4n) is 1.50. The van der Waals surface area contributed by atoms with E-state index in [1.807, 2.05) is 0 Å². The molecule has 0 fully saturated rings. The van der Waals surface area contributed by atoms with Crippen molar-refractivity contribution in [3.8, 4) is 0 Å². The van der Waals surface area contributed by atoms with Crippen LogP contribution in [-0.4, -0.2) is 17.6 Å². The van der Waals surface area contributed by atoms with Crippen LogP contribution in [0.25, 0.3) is 10.9 Å². The number of hydrogen-bond acceptors (Lipinski definition) is 2. The molecule has 0 radical (unpaired) electrons. The largest absolute Gasteiger partial charge is 0.461 e. The minimum Gasteiger partial charge on any atom is -0.461 e. The summed E-state index contributed by atoms with van der Waals surface area (Å²) in [4.78, 5) is 14.0. The molecule has 0 unspecified atom stereocenters. The smallest absolute Gasteiger partial charge is 0.354 e. The van der Waals surface area contributed by atoms with Gasteiger partial charge in [-0.3, -0.25) is 0 Å². The number of aromatic nitrogens is 1. The number of aromatic amines is 1. The zero-order valence-electron chi connectivity index (χ0n) is 8.81. The fraction of sp³-hybridized carbons (Fsp3) is 0.182. The maximum absolute atomic E-state index is 13.7. The van der Waals surface area contributed by atoms with E-state index in [0.29, 0.717) is 0 Å². The van der Waals surface area contributed by atoms with Gasteiger partial charge in [0, 0.05) is 5.39 Å². The number of H-pyrrole nitrogens is 1. The van der Waals surface area contributed by atoms with Crippen LogP contribution in [0.15, 0.2) is 16.6 Å². The average molecular weight is 304 g/mol. The standard InChI is InChI=1S/C11H8BrF2NO2/c1-2-17-11(16)8-3-5-7(15-8)4-6(13)9(12)10(5)14/h3-4,15H,2H2,1H3. The van der Waals surface area contributed by atoms with Crippen LogP contribution < -0.4 is 0 Å². The first kappa shape index (κ1) is 12.0. The zero-order valence-corrected chi connectivity index (χ0v) is 10.4. The number of esters is 1. The van der Waals surface area contributed by atoms with E-state index in [0.717, 1.165) is 6.07 Å². The molecule has 3 nitrogen and oxygen atoms in total. The van der Waals surface area contributed by atoms with Gasteiger partial charge in [-0.05, 0) is 35.0 Å². The Kier molecular flexibility index (Phi) is 3.15. The van der Waals surface area contributed by atoms with Gasteiger partial charge in [-0.1, -0.05) is 0 Å². The first-order valence-electron chi connectivity index (χ1n) is 4.88. The highest BCUT2D eigenvalue weighted by Gasteiger charge is 2.17. The Morgan fingerprint density at radius 2 is 2.18 bits per heavy atom. The van der Waals surface area contributed by atoms with E-state index in [9.17, 15) is 13.6 Å². The van der Waals surface area contributed by atoms with E-state index in [1.165, 1.54) is 6.07 Å². The summed E-state index contributed by atoms with van der Waals surface area (Å²) in [6, 6.07) is 2.41. The first-order chi connectivity index (χ1) is 8.04. The third-order valence-electron chi connectivity index (χ3n) is 2.25. The molecule has 0 aliphatic rings. The molecule has 0 saturated carbocycles. The molecule has 6 heteroatoms. The quantitative estimate of drug-likeness (QED) is 0.682. The molecule has 90 valence electrons. The van der Waals surface area contributed by atoms with Crippen molar-refractivity contribution in [2.45, 2.75) is 6.92 Å². The summed E-state index contributed by atoms with van der Waals surface area (Å²) >= 11 is 2.80. The number of nitrogens with one attached hydrogen (secondary N) is 1. The van der Waals surface area contributed by atoms with E-state index in [1.54, 1.807) is 6.92 Å². The SMILES string of the molecule is CCOC(=O)c1cc2c(F)c(Br)c(F)cc2[nH]1. The van der Waals surface area contributed by atoms with Crippen LogP contribution in [-0.2, 0) is 4.74 Å². The predicted octanol–water partition coefficient (Wildman–Crippen LogP) is 3.39. The highest BCUT2D eigenvalue weighted by Crippen LogP contribution is 2.28. The number of hydrogen-bond donors (Lipinski definition) is 1. The minimum atomic E-state index is -0.744. The van der Waals surface area contributed by atoms with Gasteiger partial charge in [-0.15, -0.1) is 0 Å². The Morgan fingerprint density at radius 3 is 2.82 bits per heavy atom. The van der Waals surface area contributed by atoms with Crippen molar-refractivity contribution in [3.63, 3.8) is 0 Å². The summed E-state index contributed by atoms with van der Waals surface area (Å²) in [6.45, 7) is 1.88. The average Bonchev–Trinajstić information content (AvgIpc) is 2.70. The molecular formula is C11H8BrF2NO2. The van der Waals surface area contributed by atoms with Gasteiger partial charge in [0.15, 0.2) is 0 Å². The minimum absolute atomic E-state index is 0.0956. The molecule has 0 atom stereocenters. The van der Waals surface area contributed by atoms with Gasteiger partial charge in [0.1, 0.15) is 17.3 Å². The van der Waals surface area contributed by atoms with E-state index in [4.69, 9.17) is 4.74 Å². The van der Waals surface area contributed by atoms with Gasteiger partial charge in [-0.25, -0.2) is 13.6 Å². The molecule has 1 aromatic carbocycles. The maximum atomic E-state index is 13.7. The number of benzene rings is 1. The van der Waals surface area contributed by atoms with Gasteiger partial charge in [-0.2, -0.15) is 0 Å². The summed E-state index contributed by atoms with van der Waals surface area (Å²) in [5.74, 6) is -2.07.